The van der Waals surface area contributed by atoms with Crippen LogP contribution in [-0.4, -0.2) is 45.3 Å². The van der Waals surface area contributed by atoms with Gasteiger partial charge in [0.15, 0.2) is 23.4 Å². The summed E-state index contributed by atoms with van der Waals surface area (Å²) in [5.41, 5.74) is 8.29. The third kappa shape index (κ3) is 4.16. The maximum Gasteiger partial charge on any atom is 0.249 e. The van der Waals surface area contributed by atoms with Crippen LogP contribution in [0, 0.1) is 11.8 Å². The molecule has 1 spiro atoms. The predicted molar refractivity (Wildman–Crippen MR) is 191 cm³/mol. The fourth-order valence-electron chi connectivity index (χ4n) is 8.66. The SMILES string of the molecule is CC(C)[C@H](O)C(=O)N[C@H]1Cc2ccc3c(c2)C24c5cccc(c5N[C@H]2O3)-c2cccc3c2C(=CC3)c2cnc(o2)-c2nc(oc24)[C@H](C(C)C)NC1=O. The number of hydrogen-bond acceptors (Lipinski definition) is 9. The molecule has 1 unspecified atom stereocenters. The van der Waals surface area contributed by atoms with Crippen molar-refractivity contribution in [3.05, 3.63) is 112 Å². The molecule has 0 saturated carbocycles. The third-order valence-electron chi connectivity index (χ3n) is 11.3. The van der Waals surface area contributed by atoms with Crippen LogP contribution in [0.4, 0.5) is 5.69 Å². The van der Waals surface area contributed by atoms with Crippen LogP contribution in [0.25, 0.3) is 28.3 Å². The molecule has 0 saturated heterocycles. The Morgan fingerprint density at radius 2 is 1.85 bits per heavy atom. The quantitative estimate of drug-likeness (QED) is 0.187. The topological polar surface area (TPSA) is 152 Å². The number of amides is 2. The fourth-order valence-corrected chi connectivity index (χ4v) is 8.66. The maximum atomic E-state index is 14.1. The minimum Gasteiger partial charge on any atom is -0.469 e. The zero-order chi connectivity index (χ0) is 35.6. The Morgan fingerprint density at radius 1 is 1.02 bits per heavy atom. The molecule has 1 aliphatic carbocycles. The zero-order valence-corrected chi connectivity index (χ0v) is 29.1. The van der Waals surface area contributed by atoms with Gasteiger partial charge in [-0.15, -0.1) is 0 Å². The van der Waals surface area contributed by atoms with Crippen LogP contribution >= 0.6 is 0 Å². The molecule has 2 aromatic heterocycles. The summed E-state index contributed by atoms with van der Waals surface area (Å²) >= 11 is 0. The van der Waals surface area contributed by atoms with E-state index in [0.29, 0.717) is 28.9 Å². The third-order valence-corrected chi connectivity index (χ3v) is 11.3. The number of nitrogens with one attached hydrogen (secondary N) is 3. The molecule has 5 aliphatic rings. The lowest BCUT2D eigenvalue weighted by atomic mass is 9.72. The van der Waals surface area contributed by atoms with Gasteiger partial charge in [0.1, 0.15) is 29.4 Å². The first-order valence-electron chi connectivity index (χ1n) is 17.9. The number of benzene rings is 3. The Balaban J connectivity index is 1.27. The van der Waals surface area contributed by atoms with Gasteiger partial charge in [-0.3, -0.25) is 9.59 Å². The van der Waals surface area contributed by atoms with Crippen LogP contribution < -0.4 is 20.7 Å². The van der Waals surface area contributed by atoms with Gasteiger partial charge >= 0.3 is 0 Å². The highest BCUT2D eigenvalue weighted by Crippen LogP contribution is 2.61. The van der Waals surface area contributed by atoms with Crippen molar-refractivity contribution in [3.8, 4) is 28.5 Å². The van der Waals surface area contributed by atoms with Gasteiger partial charge in [-0.2, -0.15) is 0 Å². The number of carbonyl (C=O) groups is 2. The number of fused-ring (bicyclic) bond motifs is 7. The van der Waals surface area contributed by atoms with Crippen LogP contribution in [-0.2, 0) is 27.8 Å². The largest absolute Gasteiger partial charge is 0.469 e. The van der Waals surface area contributed by atoms with Crippen LogP contribution in [0.2, 0.25) is 0 Å². The molecular weight excluding hydrogens is 658 g/mol. The van der Waals surface area contributed by atoms with Gasteiger partial charge in [-0.1, -0.05) is 82.3 Å². The number of hydrogen-bond donors (Lipinski definition) is 4. The first-order valence-corrected chi connectivity index (χ1v) is 17.9. The number of oxazole rings is 2. The van der Waals surface area contributed by atoms with Crippen molar-refractivity contribution < 1.29 is 28.3 Å². The molecule has 4 N–H and O–H groups in total. The van der Waals surface area contributed by atoms with Crippen LogP contribution in [0.15, 0.2) is 75.7 Å². The minimum absolute atomic E-state index is 0.162. The molecular formula is C41H37N5O6. The second-order valence-corrected chi connectivity index (χ2v) is 15.1. The number of ether oxygens (including phenoxy) is 1. The van der Waals surface area contributed by atoms with Gasteiger partial charge in [0, 0.05) is 34.4 Å². The summed E-state index contributed by atoms with van der Waals surface area (Å²) in [6, 6.07) is 16.9. The van der Waals surface area contributed by atoms with Crippen molar-refractivity contribution in [2.24, 2.45) is 11.8 Å². The Kier molecular flexibility index (Phi) is 6.52. The van der Waals surface area contributed by atoms with E-state index in [9.17, 15) is 14.7 Å². The summed E-state index contributed by atoms with van der Waals surface area (Å²) in [4.78, 5) is 37.3. The van der Waals surface area contributed by atoms with E-state index in [1.54, 1.807) is 20.0 Å². The van der Waals surface area contributed by atoms with Crippen LogP contribution in [0.3, 0.4) is 0 Å². The highest BCUT2D eigenvalue weighted by Gasteiger charge is 2.61. The summed E-state index contributed by atoms with van der Waals surface area (Å²) in [6.45, 7) is 7.46. The average Bonchev–Trinajstić information content (AvgIpc) is 3.95. The highest BCUT2D eigenvalue weighted by molar-refractivity contribution is 5.97. The van der Waals surface area contributed by atoms with E-state index in [-0.39, 0.29) is 24.1 Å². The number of aromatic nitrogens is 2. The second kappa shape index (κ2) is 10.9. The van der Waals surface area contributed by atoms with Gasteiger partial charge in [0.05, 0.1) is 6.20 Å². The lowest BCUT2D eigenvalue weighted by Gasteiger charge is -2.29. The number of para-hydroxylation sites is 1. The molecule has 6 heterocycles. The Hall–Kier alpha value is -5.68. The van der Waals surface area contributed by atoms with E-state index >= 15 is 0 Å². The van der Waals surface area contributed by atoms with Crippen molar-refractivity contribution in [1.29, 1.82) is 0 Å². The molecule has 11 heteroatoms. The number of allylic oxidation sites excluding steroid dienone is 1. The average molecular weight is 696 g/mol. The second-order valence-electron chi connectivity index (χ2n) is 15.1. The molecule has 11 nitrogen and oxygen atoms in total. The van der Waals surface area contributed by atoms with E-state index < -0.39 is 41.6 Å². The monoisotopic (exact) mass is 695 g/mol. The molecule has 3 aromatic carbocycles. The smallest absolute Gasteiger partial charge is 0.249 e. The number of aliphatic hydroxyl groups excluding tert-OH is 1. The summed E-state index contributed by atoms with van der Waals surface area (Å²) in [7, 11) is 0. The molecule has 262 valence electrons. The summed E-state index contributed by atoms with van der Waals surface area (Å²) in [5.74, 6) is 0.846. The van der Waals surface area contributed by atoms with E-state index in [1.165, 1.54) is 5.56 Å². The van der Waals surface area contributed by atoms with E-state index in [4.69, 9.17) is 23.5 Å². The van der Waals surface area contributed by atoms with Crippen molar-refractivity contribution in [2.75, 3.05) is 5.32 Å². The normalized spacial score (nSPS) is 23.4. The van der Waals surface area contributed by atoms with Crippen molar-refractivity contribution in [2.45, 2.75) is 70.4 Å². The Morgan fingerprint density at radius 3 is 2.67 bits per heavy atom. The molecule has 0 fully saturated rings. The molecule has 10 bridgehead atoms. The summed E-state index contributed by atoms with van der Waals surface area (Å²) in [6.07, 6.45) is 2.99. The number of aliphatic hydroxyl groups is 1. The molecule has 52 heavy (non-hydrogen) atoms. The lowest BCUT2D eigenvalue weighted by Crippen LogP contribution is -2.52. The van der Waals surface area contributed by atoms with Gasteiger partial charge < -0.3 is 34.6 Å². The maximum absolute atomic E-state index is 14.1. The van der Waals surface area contributed by atoms with Gasteiger partial charge in [-0.05, 0) is 46.6 Å². The van der Waals surface area contributed by atoms with Gasteiger partial charge in [0.25, 0.3) is 0 Å². The number of nitrogens with zero attached hydrogens (tertiary/aromatic N) is 2. The zero-order valence-electron chi connectivity index (χ0n) is 29.1. The molecule has 5 aromatic rings. The Labute approximate surface area is 299 Å². The first-order chi connectivity index (χ1) is 25.1. The first kappa shape index (κ1) is 31.1. The predicted octanol–water partition coefficient (Wildman–Crippen LogP) is 5.65. The van der Waals surface area contributed by atoms with E-state index in [0.717, 1.165) is 51.1 Å². The summed E-state index contributed by atoms with van der Waals surface area (Å²) in [5, 5.41) is 20.4. The standard InChI is InChI=1S/C41H37N5O6/c1-18(2)31-39-45-33-35(52-39)41-25-10-6-9-23(22-8-5-7-21-12-13-24(30(21)22)29-17-42-38(33)50-29)32(25)46-40(41)51-28-14-11-20(15-26(28)41)16-27(36(48)44-31)43-37(49)34(47)19(3)4/h5-11,13-15,17-19,27,31,34,40,46-47H,12,16H2,1-4H3,(H,43,49)(H,44,48)/t27-,31-,34-,40-,41?/m0/s1. The van der Waals surface area contributed by atoms with E-state index in [2.05, 4.69) is 58.4 Å². The number of carbonyl (C=O) groups excluding carboxylic acids is 2. The Bertz CT molecular complexity index is 2390. The lowest BCUT2D eigenvalue weighted by molar-refractivity contribution is -0.135. The van der Waals surface area contributed by atoms with E-state index in [1.807, 2.05) is 32.0 Å². The number of anilines is 1. The van der Waals surface area contributed by atoms with Crippen LogP contribution in [0.5, 0.6) is 5.75 Å². The molecule has 2 amide bonds. The van der Waals surface area contributed by atoms with Gasteiger partial charge in [0.2, 0.25) is 23.6 Å². The molecule has 10 rings (SSSR count). The van der Waals surface area contributed by atoms with Crippen molar-refractivity contribution in [3.63, 3.8) is 0 Å². The molecule has 0 radical (unpaired) electrons. The fraction of sp³-hybridized carbons (Fsp3) is 0.317. The summed E-state index contributed by atoms with van der Waals surface area (Å²) < 4.78 is 20.5. The minimum atomic E-state index is -1.27. The molecule has 4 aliphatic heterocycles. The van der Waals surface area contributed by atoms with Gasteiger partial charge in [-0.25, -0.2) is 9.97 Å². The number of rotatable bonds is 4. The highest BCUT2D eigenvalue weighted by atomic mass is 16.5. The van der Waals surface area contributed by atoms with Crippen LogP contribution in [0.1, 0.15) is 79.0 Å². The van der Waals surface area contributed by atoms with Crippen molar-refractivity contribution in [1.82, 2.24) is 20.6 Å². The molecule has 5 atom stereocenters. The van der Waals surface area contributed by atoms with Crippen molar-refractivity contribution >= 4 is 23.1 Å².